The standard InChI is InChI=1S/C20H15N3O3S/c1-12-11-22-19(20(24)25-2)18(23-12)14-7-6-13-10-17(27-15(13)9-14)26-16-5-3-4-8-21-16/h3-11H,1-2H3. The highest BCUT2D eigenvalue weighted by molar-refractivity contribution is 7.20. The normalized spacial score (nSPS) is 10.7. The lowest BCUT2D eigenvalue weighted by Crippen LogP contribution is -2.08. The number of hydrogen-bond donors (Lipinski definition) is 0. The largest absolute Gasteiger partial charge is 0.464 e. The highest BCUT2D eigenvalue weighted by Gasteiger charge is 2.18. The van der Waals surface area contributed by atoms with E-state index in [0.29, 0.717) is 11.6 Å². The minimum absolute atomic E-state index is 0.198. The number of ether oxygens (including phenoxy) is 2. The van der Waals surface area contributed by atoms with Crippen LogP contribution in [0.4, 0.5) is 0 Å². The first-order valence-corrected chi connectivity index (χ1v) is 9.00. The number of rotatable bonds is 4. The van der Waals surface area contributed by atoms with Crippen LogP contribution in [0.1, 0.15) is 16.2 Å². The van der Waals surface area contributed by atoms with Crippen molar-refractivity contribution in [3.05, 3.63) is 66.2 Å². The molecule has 0 saturated carbocycles. The Morgan fingerprint density at radius 3 is 2.78 bits per heavy atom. The van der Waals surface area contributed by atoms with Crippen molar-refractivity contribution < 1.29 is 14.3 Å². The van der Waals surface area contributed by atoms with E-state index in [4.69, 9.17) is 9.47 Å². The summed E-state index contributed by atoms with van der Waals surface area (Å²) in [4.78, 5) is 24.9. The molecule has 134 valence electrons. The molecule has 0 aliphatic heterocycles. The zero-order valence-corrected chi connectivity index (χ0v) is 15.5. The zero-order valence-electron chi connectivity index (χ0n) is 14.7. The fourth-order valence-electron chi connectivity index (χ4n) is 2.64. The van der Waals surface area contributed by atoms with Crippen LogP contribution in [0, 0.1) is 6.92 Å². The number of methoxy groups -OCH3 is 1. The predicted molar refractivity (Wildman–Crippen MR) is 103 cm³/mol. The highest BCUT2D eigenvalue weighted by atomic mass is 32.1. The van der Waals surface area contributed by atoms with Gasteiger partial charge in [-0.15, -0.1) is 0 Å². The summed E-state index contributed by atoms with van der Waals surface area (Å²) in [5.41, 5.74) is 2.22. The molecule has 0 atom stereocenters. The van der Waals surface area contributed by atoms with Gasteiger partial charge in [-0.2, -0.15) is 0 Å². The van der Waals surface area contributed by atoms with E-state index in [2.05, 4.69) is 15.0 Å². The van der Waals surface area contributed by atoms with Crippen molar-refractivity contribution in [1.29, 1.82) is 0 Å². The molecule has 0 fully saturated rings. The van der Waals surface area contributed by atoms with Gasteiger partial charge in [0.25, 0.3) is 0 Å². The van der Waals surface area contributed by atoms with Gasteiger partial charge in [0.1, 0.15) is 5.69 Å². The molecule has 4 aromatic rings. The molecular weight excluding hydrogens is 362 g/mol. The minimum atomic E-state index is -0.511. The SMILES string of the molecule is COC(=O)c1ncc(C)nc1-c1ccc2cc(Oc3ccccn3)sc2c1. The first-order chi connectivity index (χ1) is 13.1. The summed E-state index contributed by atoms with van der Waals surface area (Å²) in [6, 6.07) is 13.3. The van der Waals surface area contributed by atoms with Gasteiger partial charge in [0, 0.05) is 34.8 Å². The number of benzene rings is 1. The van der Waals surface area contributed by atoms with Crippen molar-refractivity contribution in [3.63, 3.8) is 0 Å². The summed E-state index contributed by atoms with van der Waals surface area (Å²) in [5, 5.41) is 1.78. The van der Waals surface area contributed by atoms with Gasteiger partial charge in [0.2, 0.25) is 5.88 Å². The second-order valence-electron chi connectivity index (χ2n) is 5.79. The van der Waals surface area contributed by atoms with Gasteiger partial charge < -0.3 is 9.47 Å². The number of esters is 1. The smallest absolute Gasteiger partial charge is 0.358 e. The van der Waals surface area contributed by atoms with E-state index in [-0.39, 0.29) is 5.69 Å². The number of carbonyl (C=O) groups is 1. The second-order valence-corrected chi connectivity index (χ2v) is 6.83. The predicted octanol–water partition coefficient (Wildman–Crippen LogP) is 4.64. The van der Waals surface area contributed by atoms with Crippen LogP contribution < -0.4 is 4.74 Å². The molecule has 3 heterocycles. The summed E-state index contributed by atoms with van der Waals surface area (Å²) in [6.45, 7) is 1.83. The minimum Gasteiger partial charge on any atom is -0.464 e. The van der Waals surface area contributed by atoms with Gasteiger partial charge in [-0.25, -0.2) is 19.7 Å². The third kappa shape index (κ3) is 3.50. The van der Waals surface area contributed by atoms with E-state index < -0.39 is 5.97 Å². The van der Waals surface area contributed by atoms with Crippen molar-refractivity contribution in [3.8, 4) is 22.2 Å². The molecule has 3 aromatic heterocycles. The average molecular weight is 377 g/mol. The molecule has 4 rings (SSSR count). The first-order valence-electron chi connectivity index (χ1n) is 8.19. The molecule has 0 amide bonds. The Kier molecular flexibility index (Phi) is 4.52. The summed E-state index contributed by atoms with van der Waals surface area (Å²) in [6.07, 6.45) is 3.24. The van der Waals surface area contributed by atoms with E-state index in [1.54, 1.807) is 18.5 Å². The summed E-state index contributed by atoms with van der Waals surface area (Å²) in [7, 11) is 1.33. The van der Waals surface area contributed by atoms with E-state index >= 15 is 0 Å². The van der Waals surface area contributed by atoms with Crippen LogP contribution in [0.3, 0.4) is 0 Å². The molecule has 27 heavy (non-hydrogen) atoms. The molecular formula is C20H15N3O3S. The first kappa shape index (κ1) is 17.1. The summed E-state index contributed by atoms with van der Waals surface area (Å²) >= 11 is 1.50. The van der Waals surface area contributed by atoms with Crippen molar-refractivity contribution in [1.82, 2.24) is 15.0 Å². The Balaban J connectivity index is 1.74. The van der Waals surface area contributed by atoms with Crippen molar-refractivity contribution >= 4 is 27.4 Å². The lowest BCUT2D eigenvalue weighted by atomic mass is 10.1. The van der Waals surface area contributed by atoms with Gasteiger partial charge in [0.15, 0.2) is 10.8 Å². The molecule has 0 bridgehead atoms. The van der Waals surface area contributed by atoms with Gasteiger partial charge >= 0.3 is 5.97 Å². The monoisotopic (exact) mass is 377 g/mol. The van der Waals surface area contributed by atoms with Crippen molar-refractivity contribution in [2.45, 2.75) is 6.92 Å². The number of fused-ring (bicyclic) bond motifs is 1. The molecule has 0 saturated heterocycles. The van der Waals surface area contributed by atoms with E-state index in [9.17, 15) is 4.79 Å². The second kappa shape index (κ2) is 7.13. The molecule has 0 aliphatic carbocycles. The van der Waals surface area contributed by atoms with Crippen LogP contribution in [0.5, 0.6) is 10.9 Å². The number of nitrogens with zero attached hydrogens (tertiary/aromatic N) is 3. The molecule has 0 N–H and O–H groups in total. The van der Waals surface area contributed by atoms with Crippen LogP contribution in [-0.2, 0) is 4.74 Å². The average Bonchev–Trinajstić information content (AvgIpc) is 3.09. The maximum Gasteiger partial charge on any atom is 0.358 e. The number of aromatic nitrogens is 3. The Hall–Kier alpha value is -3.32. The zero-order chi connectivity index (χ0) is 18.8. The van der Waals surface area contributed by atoms with Crippen LogP contribution >= 0.6 is 11.3 Å². The molecule has 0 unspecified atom stereocenters. The third-order valence-electron chi connectivity index (χ3n) is 3.89. The molecule has 0 radical (unpaired) electrons. The van der Waals surface area contributed by atoms with E-state index in [1.807, 2.05) is 43.3 Å². The Bertz CT molecular complexity index is 1130. The van der Waals surface area contributed by atoms with E-state index in [1.165, 1.54) is 18.4 Å². The number of carbonyl (C=O) groups excluding carboxylic acids is 1. The van der Waals surface area contributed by atoms with Crippen molar-refractivity contribution in [2.24, 2.45) is 0 Å². The Morgan fingerprint density at radius 1 is 1.11 bits per heavy atom. The molecule has 7 heteroatoms. The van der Waals surface area contributed by atoms with E-state index in [0.717, 1.165) is 26.4 Å². The fraction of sp³-hybridized carbons (Fsp3) is 0.100. The molecule has 0 spiro atoms. The molecule has 0 aliphatic rings. The summed E-state index contributed by atoms with van der Waals surface area (Å²) in [5.74, 6) is 0.0322. The summed E-state index contributed by atoms with van der Waals surface area (Å²) < 4.78 is 11.7. The molecule has 1 aromatic carbocycles. The van der Waals surface area contributed by atoms with Crippen molar-refractivity contribution in [2.75, 3.05) is 7.11 Å². The number of hydrogen-bond acceptors (Lipinski definition) is 7. The Labute approximate surface area is 159 Å². The number of thiophene rings is 1. The Morgan fingerprint density at radius 2 is 2.00 bits per heavy atom. The topological polar surface area (TPSA) is 74.2 Å². The lowest BCUT2D eigenvalue weighted by Gasteiger charge is -2.07. The maximum atomic E-state index is 12.0. The van der Waals surface area contributed by atoms with Crippen LogP contribution in [0.2, 0.25) is 0 Å². The highest BCUT2D eigenvalue weighted by Crippen LogP contribution is 2.36. The number of aryl methyl sites for hydroxylation is 1. The van der Waals surface area contributed by atoms with Gasteiger partial charge in [-0.3, -0.25) is 0 Å². The number of pyridine rings is 1. The lowest BCUT2D eigenvalue weighted by molar-refractivity contribution is 0.0594. The van der Waals surface area contributed by atoms with Crippen LogP contribution in [0.15, 0.2) is 54.9 Å². The van der Waals surface area contributed by atoms with Gasteiger partial charge in [-0.05, 0) is 24.4 Å². The van der Waals surface area contributed by atoms with Crippen LogP contribution in [-0.4, -0.2) is 28.0 Å². The van der Waals surface area contributed by atoms with Crippen LogP contribution in [0.25, 0.3) is 21.3 Å². The molecule has 6 nitrogen and oxygen atoms in total. The maximum absolute atomic E-state index is 12.0. The van der Waals surface area contributed by atoms with Gasteiger partial charge in [0.05, 0.1) is 12.8 Å². The van der Waals surface area contributed by atoms with Gasteiger partial charge in [-0.1, -0.05) is 29.5 Å². The quantitative estimate of drug-likeness (QED) is 0.482. The third-order valence-corrected chi connectivity index (χ3v) is 4.86. The fourth-order valence-corrected chi connectivity index (χ4v) is 3.60.